The largest absolute Gasteiger partial charge is 0.382 e. The van der Waals surface area contributed by atoms with Gasteiger partial charge in [-0.15, -0.1) is 0 Å². The summed E-state index contributed by atoms with van der Waals surface area (Å²) in [7, 11) is 0. The van der Waals surface area contributed by atoms with Crippen LogP contribution in [0.1, 0.15) is 30.9 Å². The number of carbonyl (C=O) groups excluding carboxylic acids is 2. The standard InChI is InChI=1S/C24H26N2O3/c1-2-29-17-9-16-26-23(27)21(19-11-4-3-5-12-19)22(24(26)28)25-15-8-13-18-10-6-7-14-20(18)25/h3-7,10-12,14H,2,8-9,13,15-17H2,1H3. The Morgan fingerprint density at radius 1 is 0.966 bits per heavy atom. The van der Waals surface area contributed by atoms with Crippen molar-refractivity contribution in [1.82, 2.24) is 4.90 Å². The van der Waals surface area contributed by atoms with Gasteiger partial charge in [0.2, 0.25) is 0 Å². The first-order valence-corrected chi connectivity index (χ1v) is 10.3. The molecule has 4 rings (SSSR count). The third-order valence-corrected chi connectivity index (χ3v) is 5.46. The predicted molar refractivity (Wildman–Crippen MR) is 113 cm³/mol. The number of imide groups is 1. The van der Waals surface area contributed by atoms with Gasteiger partial charge in [0.1, 0.15) is 5.70 Å². The van der Waals surface area contributed by atoms with E-state index in [1.807, 2.05) is 60.4 Å². The Morgan fingerprint density at radius 2 is 1.72 bits per heavy atom. The minimum Gasteiger partial charge on any atom is -0.382 e. The molecule has 5 nitrogen and oxygen atoms in total. The summed E-state index contributed by atoms with van der Waals surface area (Å²) >= 11 is 0. The van der Waals surface area contributed by atoms with Crippen molar-refractivity contribution in [3.05, 3.63) is 71.4 Å². The Kier molecular flexibility index (Phi) is 5.76. The van der Waals surface area contributed by atoms with E-state index < -0.39 is 0 Å². The topological polar surface area (TPSA) is 49.9 Å². The Morgan fingerprint density at radius 3 is 2.52 bits per heavy atom. The molecule has 0 unspecified atom stereocenters. The average Bonchev–Trinajstić information content (AvgIpc) is 3.01. The fourth-order valence-electron chi connectivity index (χ4n) is 4.12. The lowest BCUT2D eigenvalue weighted by Gasteiger charge is -2.32. The van der Waals surface area contributed by atoms with Crippen molar-refractivity contribution in [3.8, 4) is 0 Å². The Hall–Kier alpha value is -2.92. The molecule has 150 valence electrons. The lowest BCUT2D eigenvalue weighted by Crippen LogP contribution is -2.37. The average molecular weight is 390 g/mol. The molecule has 0 saturated heterocycles. The van der Waals surface area contributed by atoms with Gasteiger partial charge in [0, 0.05) is 32.0 Å². The van der Waals surface area contributed by atoms with Crippen LogP contribution in [0, 0.1) is 0 Å². The molecule has 0 radical (unpaired) electrons. The van der Waals surface area contributed by atoms with Crippen molar-refractivity contribution in [2.24, 2.45) is 0 Å². The van der Waals surface area contributed by atoms with Gasteiger partial charge in [0.25, 0.3) is 11.8 Å². The lowest BCUT2D eigenvalue weighted by atomic mass is 9.98. The normalized spacial score (nSPS) is 16.6. The molecule has 2 aromatic rings. The van der Waals surface area contributed by atoms with Crippen molar-refractivity contribution in [3.63, 3.8) is 0 Å². The first kappa shape index (κ1) is 19.4. The third kappa shape index (κ3) is 3.70. The molecule has 0 bridgehead atoms. The number of benzene rings is 2. The number of ether oxygens (including phenoxy) is 1. The molecule has 5 heteroatoms. The van der Waals surface area contributed by atoms with Crippen molar-refractivity contribution in [2.45, 2.75) is 26.2 Å². The second-order valence-electron chi connectivity index (χ2n) is 7.29. The summed E-state index contributed by atoms with van der Waals surface area (Å²) in [4.78, 5) is 30.2. The zero-order valence-corrected chi connectivity index (χ0v) is 16.8. The Labute approximate surface area is 171 Å². The van der Waals surface area contributed by atoms with Crippen LogP contribution in [0.4, 0.5) is 5.69 Å². The van der Waals surface area contributed by atoms with Crippen LogP contribution in [0.5, 0.6) is 0 Å². The molecule has 29 heavy (non-hydrogen) atoms. The van der Waals surface area contributed by atoms with E-state index in [2.05, 4.69) is 6.07 Å². The van der Waals surface area contributed by atoms with Crippen LogP contribution in [-0.2, 0) is 20.7 Å². The van der Waals surface area contributed by atoms with Gasteiger partial charge in [-0.3, -0.25) is 14.5 Å². The molecule has 0 N–H and O–H groups in total. The first-order valence-electron chi connectivity index (χ1n) is 10.3. The maximum atomic E-state index is 13.4. The quantitative estimate of drug-likeness (QED) is 0.535. The van der Waals surface area contributed by atoms with Crippen LogP contribution in [0.15, 0.2) is 60.3 Å². The second kappa shape index (κ2) is 8.62. The van der Waals surface area contributed by atoms with Gasteiger partial charge in [0.05, 0.1) is 5.57 Å². The van der Waals surface area contributed by atoms with Crippen molar-refractivity contribution < 1.29 is 14.3 Å². The molecule has 2 aliphatic heterocycles. The summed E-state index contributed by atoms with van der Waals surface area (Å²) in [6.45, 7) is 4.20. The molecule has 0 aliphatic carbocycles. The zero-order chi connectivity index (χ0) is 20.2. The maximum Gasteiger partial charge on any atom is 0.278 e. The number of para-hydroxylation sites is 1. The van der Waals surface area contributed by atoms with Crippen molar-refractivity contribution >= 4 is 23.1 Å². The fraction of sp³-hybridized carbons (Fsp3) is 0.333. The van der Waals surface area contributed by atoms with Crippen LogP contribution in [0.2, 0.25) is 0 Å². The minimum atomic E-state index is -0.212. The molecule has 0 saturated carbocycles. The lowest BCUT2D eigenvalue weighted by molar-refractivity contribution is -0.137. The smallest absolute Gasteiger partial charge is 0.278 e. The van der Waals surface area contributed by atoms with E-state index in [1.165, 1.54) is 10.5 Å². The SMILES string of the molecule is CCOCCCN1C(=O)C(c2ccccc2)=C(N2CCCc3ccccc32)C1=O. The summed E-state index contributed by atoms with van der Waals surface area (Å²) < 4.78 is 5.39. The van der Waals surface area contributed by atoms with Crippen LogP contribution < -0.4 is 4.90 Å². The molecule has 0 atom stereocenters. The molecule has 2 heterocycles. The van der Waals surface area contributed by atoms with Gasteiger partial charge in [-0.05, 0) is 43.4 Å². The molecule has 0 aromatic heterocycles. The van der Waals surface area contributed by atoms with Gasteiger partial charge in [0.15, 0.2) is 0 Å². The van der Waals surface area contributed by atoms with Crippen LogP contribution in [0.25, 0.3) is 5.57 Å². The Balaban J connectivity index is 1.74. The summed E-state index contributed by atoms with van der Waals surface area (Å²) in [6.07, 6.45) is 2.58. The Bertz CT molecular complexity index is 936. The summed E-state index contributed by atoms with van der Waals surface area (Å²) in [5.74, 6) is -0.419. The van der Waals surface area contributed by atoms with Gasteiger partial charge in [-0.25, -0.2) is 0 Å². The van der Waals surface area contributed by atoms with Gasteiger partial charge < -0.3 is 9.64 Å². The highest BCUT2D eigenvalue weighted by Crippen LogP contribution is 2.37. The fourth-order valence-corrected chi connectivity index (χ4v) is 4.12. The van der Waals surface area contributed by atoms with E-state index in [-0.39, 0.29) is 11.8 Å². The number of anilines is 1. The third-order valence-electron chi connectivity index (χ3n) is 5.46. The number of nitrogens with zero attached hydrogens (tertiary/aromatic N) is 2. The number of amides is 2. The van der Waals surface area contributed by atoms with Gasteiger partial charge in [-0.1, -0.05) is 48.5 Å². The van der Waals surface area contributed by atoms with E-state index in [0.29, 0.717) is 37.4 Å². The molecular formula is C24H26N2O3. The molecule has 2 amide bonds. The number of aryl methyl sites for hydroxylation is 1. The minimum absolute atomic E-state index is 0.206. The predicted octanol–water partition coefficient (Wildman–Crippen LogP) is 3.65. The van der Waals surface area contributed by atoms with Crippen LogP contribution in [0.3, 0.4) is 0 Å². The molecule has 2 aromatic carbocycles. The number of carbonyl (C=O) groups is 2. The summed E-state index contributed by atoms with van der Waals surface area (Å²) in [5, 5.41) is 0. The van der Waals surface area contributed by atoms with Gasteiger partial charge in [-0.2, -0.15) is 0 Å². The van der Waals surface area contributed by atoms with E-state index >= 15 is 0 Å². The zero-order valence-electron chi connectivity index (χ0n) is 16.8. The van der Waals surface area contributed by atoms with Crippen LogP contribution in [-0.4, -0.2) is 43.0 Å². The highest BCUT2D eigenvalue weighted by Gasteiger charge is 2.42. The highest BCUT2D eigenvalue weighted by atomic mass is 16.5. The number of hydrogen-bond donors (Lipinski definition) is 0. The van der Waals surface area contributed by atoms with E-state index in [9.17, 15) is 9.59 Å². The maximum absolute atomic E-state index is 13.4. The van der Waals surface area contributed by atoms with E-state index in [0.717, 1.165) is 30.6 Å². The van der Waals surface area contributed by atoms with Gasteiger partial charge >= 0.3 is 0 Å². The molecule has 0 spiro atoms. The molecule has 0 fully saturated rings. The second-order valence-corrected chi connectivity index (χ2v) is 7.29. The molecular weight excluding hydrogens is 364 g/mol. The first-order chi connectivity index (χ1) is 14.2. The van der Waals surface area contributed by atoms with Crippen molar-refractivity contribution in [1.29, 1.82) is 0 Å². The number of fused-ring (bicyclic) bond motifs is 1. The van der Waals surface area contributed by atoms with E-state index in [1.54, 1.807) is 0 Å². The molecule has 2 aliphatic rings. The van der Waals surface area contributed by atoms with Crippen LogP contribution >= 0.6 is 0 Å². The van der Waals surface area contributed by atoms with E-state index in [4.69, 9.17) is 4.74 Å². The summed E-state index contributed by atoms with van der Waals surface area (Å²) in [6, 6.07) is 17.7. The number of rotatable bonds is 7. The monoisotopic (exact) mass is 390 g/mol. The highest BCUT2D eigenvalue weighted by molar-refractivity contribution is 6.36. The number of hydrogen-bond acceptors (Lipinski definition) is 4. The summed E-state index contributed by atoms with van der Waals surface area (Å²) in [5.41, 5.74) is 4.04. The van der Waals surface area contributed by atoms with Crippen molar-refractivity contribution in [2.75, 3.05) is 31.2 Å².